The van der Waals surface area contributed by atoms with Crippen LogP contribution in [0.25, 0.3) is 10.9 Å². The van der Waals surface area contributed by atoms with Gasteiger partial charge in [-0.25, -0.2) is 8.42 Å². The molecule has 0 spiro atoms. The number of aromatic nitrogens is 1. The molecule has 1 saturated carbocycles. The van der Waals surface area contributed by atoms with E-state index in [2.05, 4.69) is 4.98 Å². The first-order chi connectivity index (χ1) is 14.5. The maximum Gasteiger partial charge on any atom is 0.327 e. The average Bonchev–Trinajstić information content (AvgIpc) is 2.79. The number of hydrogen-bond donors (Lipinski definition) is 0. The van der Waals surface area contributed by atoms with Crippen LogP contribution in [-0.2, 0) is 25.8 Å². The number of rotatable bonds is 5. The highest BCUT2D eigenvalue weighted by atomic mass is 32.2. The van der Waals surface area contributed by atoms with Gasteiger partial charge >= 0.3 is 5.97 Å². The summed E-state index contributed by atoms with van der Waals surface area (Å²) in [4.78, 5) is 17.1. The van der Waals surface area contributed by atoms with Gasteiger partial charge in [0.1, 0.15) is 0 Å². The van der Waals surface area contributed by atoms with E-state index in [1.165, 1.54) is 7.11 Å². The number of carbonyl (C=O) groups is 1. The minimum atomic E-state index is -3.84. The number of nitrogens with zero attached hydrogens (tertiary/aromatic N) is 1. The minimum absolute atomic E-state index is 0.179. The number of hydrogen-bond acceptors (Lipinski definition) is 5. The summed E-state index contributed by atoms with van der Waals surface area (Å²) < 4.78 is 30.3. The summed E-state index contributed by atoms with van der Waals surface area (Å²) in [5, 5.41) is 1.09. The van der Waals surface area contributed by atoms with Crippen LogP contribution in [0.15, 0.2) is 65.7 Å². The van der Waals surface area contributed by atoms with Gasteiger partial charge in [-0.3, -0.25) is 9.78 Å². The summed E-state index contributed by atoms with van der Waals surface area (Å²) in [6.45, 7) is 0. The zero-order valence-corrected chi connectivity index (χ0v) is 17.8. The number of fused-ring (bicyclic) bond motifs is 1. The predicted molar refractivity (Wildman–Crippen MR) is 116 cm³/mol. The summed E-state index contributed by atoms with van der Waals surface area (Å²) in [5.74, 6) is -0.644. The molecule has 6 heteroatoms. The number of pyridine rings is 1. The Morgan fingerprint density at radius 1 is 1.00 bits per heavy atom. The number of para-hydroxylation sites is 1. The first kappa shape index (κ1) is 20.5. The second kappa shape index (κ2) is 8.19. The average molecular weight is 424 g/mol. The van der Waals surface area contributed by atoms with E-state index in [1.54, 1.807) is 18.3 Å². The number of methoxy groups -OCH3 is 1. The first-order valence-electron chi connectivity index (χ1n) is 10.2. The fourth-order valence-corrected chi connectivity index (χ4v) is 6.51. The number of esters is 1. The van der Waals surface area contributed by atoms with Crippen LogP contribution in [0.2, 0.25) is 0 Å². The van der Waals surface area contributed by atoms with E-state index < -0.39 is 20.6 Å². The normalized spacial score (nSPS) is 16.3. The van der Waals surface area contributed by atoms with Gasteiger partial charge in [-0.1, -0.05) is 49.6 Å². The molecule has 0 unspecified atom stereocenters. The molecule has 30 heavy (non-hydrogen) atoms. The lowest BCUT2D eigenvalue weighted by atomic mass is 9.88. The first-order valence-corrected chi connectivity index (χ1v) is 11.7. The molecule has 3 aromatic rings. The summed E-state index contributed by atoms with van der Waals surface area (Å²) in [6.07, 6.45) is 5.45. The molecular formula is C24H25NO4S. The zero-order chi connectivity index (χ0) is 21.2. The molecule has 1 aromatic heterocycles. The van der Waals surface area contributed by atoms with Gasteiger partial charge in [0.25, 0.3) is 0 Å². The van der Waals surface area contributed by atoms with Crippen molar-refractivity contribution < 1.29 is 17.9 Å². The minimum Gasteiger partial charge on any atom is -0.468 e. The van der Waals surface area contributed by atoms with Crippen molar-refractivity contribution in [3.05, 3.63) is 71.9 Å². The molecule has 1 heterocycles. The molecule has 4 rings (SSSR count). The van der Waals surface area contributed by atoms with Crippen molar-refractivity contribution in [3.63, 3.8) is 0 Å². The van der Waals surface area contributed by atoms with Crippen molar-refractivity contribution in [1.82, 2.24) is 4.98 Å². The fraction of sp³-hybridized carbons (Fsp3) is 0.333. The van der Waals surface area contributed by atoms with E-state index in [0.29, 0.717) is 32.1 Å². The lowest BCUT2D eigenvalue weighted by molar-refractivity contribution is -0.144. The Morgan fingerprint density at radius 3 is 2.40 bits per heavy atom. The molecule has 1 aliphatic carbocycles. The molecule has 1 aliphatic rings. The van der Waals surface area contributed by atoms with Gasteiger partial charge in [0, 0.05) is 11.6 Å². The van der Waals surface area contributed by atoms with Crippen LogP contribution in [-0.4, -0.2) is 31.2 Å². The lowest BCUT2D eigenvalue weighted by Gasteiger charge is -2.33. The zero-order valence-electron chi connectivity index (χ0n) is 17.0. The van der Waals surface area contributed by atoms with Crippen molar-refractivity contribution in [2.45, 2.75) is 48.2 Å². The van der Waals surface area contributed by atoms with Gasteiger partial charge in [-0.15, -0.1) is 0 Å². The number of ether oxygens (including phenoxy) is 1. The third-order valence-electron chi connectivity index (χ3n) is 6.10. The summed E-state index contributed by atoms with van der Waals surface area (Å²) >= 11 is 0. The Hall–Kier alpha value is -2.73. The molecule has 0 saturated heterocycles. The Balaban J connectivity index is 1.65. The van der Waals surface area contributed by atoms with Crippen LogP contribution in [0, 0.1) is 0 Å². The fourth-order valence-electron chi connectivity index (χ4n) is 4.43. The van der Waals surface area contributed by atoms with Crippen molar-refractivity contribution in [1.29, 1.82) is 0 Å². The van der Waals surface area contributed by atoms with E-state index >= 15 is 0 Å². The monoisotopic (exact) mass is 423 g/mol. The third-order valence-corrected chi connectivity index (χ3v) is 8.60. The number of benzene rings is 2. The summed E-state index contributed by atoms with van der Waals surface area (Å²) in [6, 6.07) is 16.8. The largest absolute Gasteiger partial charge is 0.468 e. The predicted octanol–water partition coefficient (Wildman–Crippen LogP) is 4.48. The standard InChI is InChI=1S/C24H25NO4S/c1-29-23(26)24(14-5-2-6-15-24)30(27,28)20-11-9-18(10-12-20)17-19-13-16-25-22-8-4-3-7-21(19)22/h3-4,7-13,16H,2,5-6,14-15,17H2,1H3. The van der Waals surface area contributed by atoms with Crippen LogP contribution < -0.4 is 0 Å². The molecule has 5 nitrogen and oxygen atoms in total. The molecule has 1 fully saturated rings. The molecule has 0 radical (unpaired) electrons. The van der Waals surface area contributed by atoms with Crippen molar-refractivity contribution in [2.75, 3.05) is 7.11 Å². The van der Waals surface area contributed by atoms with Gasteiger partial charge in [0.15, 0.2) is 14.6 Å². The van der Waals surface area contributed by atoms with Crippen LogP contribution in [0.1, 0.15) is 43.2 Å². The smallest absolute Gasteiger partial charge is 0.327 e. The van der Waals surface area contributed by atoms with Crippen LogP contribution in [0.3, 0.4) is 0 Å². The number of carbonyl (C=O) groups excluding carboxylic acids is 1. The molecule has 2 aromatic carbocycles. The van der Waals surface area contributed by atoms with Gasteiger partial charge in [-0.05, 0) is 54.7 Å². The van der Waals surface area contributed by atoms with Crippen LogP contribution >= 0.6 is 0 Å². The molecule has 0 aliphatic heterocycles. The second-order valence-electron chi connectivity index (χ2n) is 7.86. The number of sulfone groups is 1. The quantitative estimate of drug-likeness (QED) is 0.566. The molecule has 0 bridgehead atoms. The highest BCUT2D eigenvalue weighted by molar-refractivity contribution is 7.93. The van der Waals surface area contributed by atoms with Crippen molar-refractivity contribution >= 4 is 26.7 Å². The molecule has 156 valence electrons. The third kappa shape index (κ3) is 3.49. The molecule has 0 amide bonds. The summed E-state index contributed by atoms with van der Waals surface area (Å²) in [5.41, 5.74) is 3.07. The molecule has 0 N–H and O–H groups in total. The second-order valence-corrected chi connectivity index (χ2v) is 10.1. The Kier molecular flexibility index (Phi) is 5.60. The van der Waals surface area contributed by atoms with Crippen LogP contribution in [0.5, 0.6) is 0 Å². The lowest BCUT2D eigenvalue weighted by Crippen LogP contribution is -2.48. The summed E-state index contributed by atoms with van der Waals surface area (Å²) in [7, 11) is -2.58. The SMILES string of the molecule is COC(=O)C1(S(=O)(=O)c2ccc(Cc3ccnc4ccccc34)cc2)CCCCC1. The Bertz CT molecular complexity index is 1160. The van der Waals surface area contributed by atoms with Gasteiger partial charge in [0.2, 0.25) is 0 Å². The van der Waals surface area contributed by atoms with E-state index in [0.717, 1.165) is 28.5 Å². The van der Waals surface area contributed by atoms with Crippen molar-refractivity contribution in [3.8, 4) is 0 Å². The van der Waals surface area contributed by atoms with Gasteiger partial charge in [0.05, 0.1) is 17.5 Å². The van der Waals surface area contributed by atoms with Crippen LogP contribution in [0.4, 0.5) is 0 Å². The maximum absolute atomic E-state index is 13.4. The topological polar surface area (TPSA) is 73.3 Å². The van der Waals surface area contributed by atoms with E-state index in [-0.39, 0.29) is 4.90 Å². The maximum atomic E-state index is 13.4. The van der Waals surface area contributed by atoms with Crippen molar-refractivity contribution in [2.24, 2.45) is 0 Å². The Morgan fingerprint density at radius 2 is 1.70 bits per heavy atom. The van der Waals surface area contributed by atoms with E-state index in [9.17, 15) is 13.2 Å². The van der Waals surface area contributed by atoms with E-state index in [1.807, 2.05) is 42.5 Å². The Labute approximate surface area is 177 Å². The molecule has 0 atom stereocenters. The van der Waals surface area contributed by atoms with Gasteiger partial charge < -0.3 is 4.74 Å². The highest BCUT2D eigenvalue weighted by Gasteiger charge is 2.52. The van der Waals surface area contributed by atoms with Gasteiger partial charge in [-0.2, -0.15) is 0 Å². The molecular weight excluding hydrogens is 398 g/mol. The van der Waals surface area contributed by atoms with E-state index in [4.69, 9.17) is 4.74 Å². The highest BCUT2D eigenvalue weighted by Crippen LogP contribution is 2.40.